The zero-order chi connectivity index (χ0) is 18.3. The Kier molecular flexibility index (Phi) is 3.74. The van der Waals surface area contributed by atoms with Gasteiger partial charge in [-0.15, -0.1) is 0 Å². The monoisotopic (exact) mass is 366 g/mol. The molecule has 0 atom stereocenters. The lowest BCUT2D eigenvalue weighted by Crippen LogP contribution is -2.35. The van der Waals surface area contributed by atoms with Crippen molar-refractivity contribution < 1.29 is 9.21 Å². The van der Waals surface area contributed by atoms with Crippen LogP contribution in [0.2, 0.25) is 0 Å². The lowest BCUT2D eigenvalue weighted by Gasteiger charge is -2.10. The summed E-state index contributed by atoms with van der Waals surface area (Å²) in [5.41, 5.74) is -0.161. The van der Waals surface area contributed by atoms with Crippen molar-refractivity contribution in [3.63, 3.8) is 0 Å². The van der Waals surface area contributed by atoms with Gasteiger partial charge in [0.05, 0.1) is 29.8 Å². The van der Waals surface area contributed by atoms with E-state index < -0.39 is 5.54 Å². The quantitative estimate of drug-likeness (QED) is 0.691. The Labute approximate surface area is 152 Å². The molecule has 2 N–H and O–H groups in total. The fraction of sp³-hybridized carbons (Fsp3) is 0.222. The zero-order valence-corrected chi connectivity index (χ0v) is 14.4. The van der Waals surface area contributed by atoms with Crippen LogP contribution in [0.5, 0.6) is 0 Å². The smallest absolute Gasteiger partial charge is 0.262 e. The Morgan fingerprint density at radius 1 is 1.42 bits per heavy atom. The molecular weight excluding hydrogens is 352 g/mol. The van der Waals surface area contributed by atoms with E-state index in [0.29, 0.717) is 35.1 Å². The van der Waals surface area contributed by atoms with Gasteiger partial charge in [0.2, 0.25) is 0 Å². The van der Waals surface area contributed by atoms with Gasteiger partial charge >= 0.3 is 0 Å². The zero-order valence-electron chi connectivity index (χ0n) is 13.6. The average Bonchev–Trinajstić information content (AvgIpc) is 3.21. The molecule has 0 spiro atoms. The number of amides is 1. The number of hydrogen-bond acceptors (Lipinski definition) is 5. The summed E-state index contributed by atoms with van der Waals surface area (Å²) < 4.78 is 6.92. The summed E-state index contributed by atoms with van der Waals surface area (Å²) in [6.45, 7) is 0.226. The summed E-state index contributed by atoms with van der Waals surface area (Å²) in [6.07, 6.45) is 2.85. The van der Waals surface area contributed by atoms with E-state index in [0.717, 1.165) is 0 Å². The maximum Gasteiger partial charge on any atom is 0.262 e. The van der Waals surface area contributed by atoms with Crippen molar-refractivity contribution >= 4 is 29.0 Å². The summed E-state index contributed by atoms with van der Waals surface area (Å²) in [6, 6.07) is 10.4. The fourth-order valence-corrected chi connectivity index (χ4v) is 3.03. The van der Waals surface area contributed by atoms with Crippen molar-refractivity contribution in [2.75, 3.05) is 0 Å². The second-order valence-electron chi connectivity index (χ2n) is 6.31. The fourth-order valence-electron chi connectivity index (χ4n) is 2.78. The van der Waals surface area contributed by atoms with Crippen LogP contribution >= 0.6 is 12.2 Å². The third kappa shape index (κ3) is 2.82. The Hall–Kier alpha value is -3.18. The van der Waals surface area contributed by atoms with E-state index in [1.807, 2.05) is 0 Å². The van der Waals surface area contributed by atoms with Crippen LogP contribution in [0.15, 0.2) is 45.8 Å². The van der Waals surface area contributed by atoms with Gasteiger partial charge in [0.25, 0.3) is 11.5 Å². The predicted molar refractivity (Wildman–Crippen MR) is 96.2 cm³/mol. The van der Waals surface area contributed by atoms with Crippen LogP contribution in [0.4, 0.5) is 0 Å². The normalized spacial score (nSPS) is 14.7. The first-order valence-corrected chi connectivity index (χ1v) is 8.45. The molecule has 4 rings (SSSR count). The van der Waals surface area contributed by atoms with E-state index in [9.17, 15) is 9.59 Å². The first kappa shape index (κ1) is 16.3. The van der Waals surface area contributed by atoms with E-state index in [1.165, 1.54) is 10.8 Å². The van der Waals surface area contributed by atoms with Crippen molar-refractivity contribution in [1.82, 2.24) is 14.9 Å². The number of carbonyl (C=O) groups is 1. The number of aromatic nitrogens is 2. The van der Waals surface area contributed by atoms with E-state index >= 15 is 0 Å². The molecule has 2 aromatic heterocycles. The number of carbonyl (C=O) groups excluding carboxylic acids is 1. The third-order valence-electron chi connectivity index (χ3n) is 4.45. The number of benzene rings is 1. The average molecular weight is 366 g/mol. The molecule has 1 amide bonds. The molecule has 1 aromatic carbocycles. The van der Waals surface area contributed by atoms with Gasteiger partial charge in [-0.3, -0.25) is 14.2 Å². The highest BCUT2D eigenvalue weighted by molar-refractivity contribution is 7.71. The largest absolute Gasteiger partial charge is 0.467 e. The minimum Gasteiger partial charge on any atom is -0.467 e. The van der Waals surface area contributed by atoms with Crippen LogP contribution in [0.1, 0.15) is 29.0 Å². The first-order valence-electron chi connectivity index (χ1n) is 8.04. The van der Waals surface area contributed by atoms with Gasteiger partial charge in [-0.2, -0.15) is 5.26 Å². The van der Waals surface area contributed by atoms with Crippen molar-refractivity contribution in [2.24, 2.45) is 0 Å². The van der Waals surface area contributed by atoms with E-state index in [1.54, 1.807) is 30.3 Å². The second-order valence-corrected chi connectivity index (χ2v) is 6.70. The van der Waals surface area contributed by atoms with Crippen molar-refractivity contribution in [3.05, 3.63) is 63.0 Å². The first-order chi connectivity index (χ1) is 12.5. The summed E-state index contributed by atoms with van der Waals surface area (Å²) in [5, 5.41) is 12.2. The van der Waals surface area contributed by atoms with E-state index in [-0.39, 0.29) is 22.8 Å². The Morgan fingerprint density at radius 2 is 2.23 bits per heavy atom. The molecule has 7 nitrogen and oxygen atoms in total. The highest BCUT2D eigenvalue weighted by Crippen LogP contribution is 2.34. The lowest BCUT2D eigenvalue weighted by molar-refractivity contribution is 0.0941. The Balaban J connectivity index is 1.71. The minimum absolute atomic E-state index is 0.226. The number of aromatic amines is 1. The van der Waals surface area contributed by atoms with Crippen LogP contribution in [0.3, 0.4) is 0 Å². The number of hydrogen-bond donors (Lipinski definition) is 2. The molecule has 8 heteroatoms. The molecule has 26 heavy (non-hydrogen) atoms. The maximum atomic E-state index is 12.7. The van der Waals surface area contributed by atoms with E-state index in [2.05, 4.69) is 16.4 Å². The number of furan rings is 1. The molecule has 0 aliphatic heterocycles. The molecule has 130 valence electrons. The van der Waals surface area contributed by atoms with Gasteiger partial charge in [0.1, 0.15) is 11.3 Å². The molecule has 0 saturated heterocycles. The topological polar surface area (TPSA) is 104 Å². The molecule has 1 aliphatic rings. The molecule has 1 aliphatic carbocycles. The van der Waals surface area contributed by atoms with Crippen molar-refractivity contribution in [1.29, 1.82) is 5.26 Å². The molecule has 3 aromatic rings. The van der Waals surface area contributed by atoms with Crippen LogP contribution < -0.4 is 10.9 Å². The maximum absolute atomic E-state index is 12.7. The standard InChI is InChI=1S/C18H14N4O3S/c19-10-18(5-6-18)21-15(23)11-3-4-13-14(8-11)20-17(26)22(16(13)24)9-12-2-1-7-25-12/h1-4,7-8H,5-6,9H2,(H,20,26)(H,21,23). The number of H-pyrrole nitrogens is 1. The third-order valence-corrected chi connectivity index (χ3v) is 4.78. The van der Waals surface area contributed by atoms with Gasteiger partial charge < -0.3 is 14.7 Å². The van der Waals surface area contributed by atoms with Crippen LogP contribution in [-0.2, 0) is 6.54 Å². The molecule has 2 heterocycles. The number of rotatable bonds is 4. The Bertz CT molecular complexity index is 1160. The summed E-state index contributed by atoms with van der Waals surface area (Å²) in [4.78, 5) is 28.1. The van der Waals surface area contributed by atoms with Gasteiger partial charge in [-0.25, -0.2) is 0 Å². The number of nitriles is 1. The van der Waals surface area contributed by atoms with Gasteiger partial charge in [0.15, 0.2) is 4.77 Å². The summed E-state index contributed by atoms with van der Waals surface area (Å²) >= 11 is 5.29. The second kappa shape index (κ2) is 5.97. The van der Waals surface area contributed by atoms with Crippen LogP contribution in [0, 0.1) is 16.1 Å². The predicted octanol–water partition coefficient (Wildman–Crippen LogP) is 2.49. The molecule has 0 radical (unpaired) electrons. The van der Waals surface area contributed by atoms with Crippen molar-refractivity contribution in [3.8, 4) is 6.07 Å². The minimum atomic E-state index is -0.745. The number of nitrogens with one attached hydrogen (secondary N) is 2. The SMILES string of the molecule is N#CC1(NC(=O)c2ccc3c(=O)n(Cc4ccco4)c(=S)[nH]c3c2)CC1. The van der Waals surface area contributed by atoms with Gasteiger partial charge in [-0.05, 0) is 55.4 Å². The van der Waals surface area contributed by atoms with Gasteiger partial charge in [0, 0.05) is 5.56 Å². The molecular formula is C18H14N4O3S. The number of nitrogens with zero attached hydrogens (tertiary/aromatic N) is 2. The summed E-state index contributed by atoms with van der Waals surface area (Å²) in [7, 11) is 0. The molecule has 0 unspecified atom stereocenters. The lowest BCUT2D eigenvalue weighted by atomic mass is 10.1. The van der Waals surface area contributed by atoms with Crippen molar-refractivity contribution in [2.45, 2.75) is 24.9 Å². The molecule has 0 bridgehead atoms. The highest BCUT2D eigenvalue weighted by atomic mass is 32.1. The molecule has 1 fully saturated rings. The van der Waals surface area contributed by atoms with Crippen LogP contribution in [0.25, 0.3) is 10.9 Å². The number of fused-ring (bicyclic) bond motifs is 1. The highest BCUT2D eigenvalue weighted by Gasteiger charge is 2.44. The van der Waals surface area contributed by atoms with Crippen LogP contribution in [-0.4, -0.2) is 21.0 Å². The summed E-state index contributed by atoms with van der Waals surface area (Å²) in [5.74, 6) is 0.276. The molecule has 1 saturated carbocycles. The Morgan fingerprint density at radius 3 is 2.88 bits per heavy atom. The van der Waals surface area contributed by atoms with E-state index in [4.69, 9.17) is 21.9 Å². The van der Waals surface area contributed by atoms with Gasteiger partial charge in [-0.1, -0.05) is 0 Å².